The Bertz CT molecular complexity index is 847. The van der Waals surface area contributed by atoms with Gasteiger partial charge in [0.1, 0.15) is 5.60 Å². The van der Waals surface area contributed by atoms with Crippen molar-refractivity contribution in [1.82, 2.24) is 10.2 Å². The zero-order valence-corrected chi connectivity index (χ0v) is 20.1. The first-order valence-electron chi connectivity index (χ1n) is 10.9. The van der Waals surface area contributed by atoms with Crippen LogP contribution in [-0.4, -0.2) is 71.8 Å². The molecule has 4 atom stereocenters. The van der Waals surface area contributed by atoms with Crippen molar-refractivity contribution >= 4 is 17.8 Å². The average Bonchev–Trinajstić information content (AvgIpc) is 3.06. The van der Waals surface area contributed by atoms with E-state index in [0.717, 1.165) is 11.1 Å². The molecule has 1 aromatic rings. The van der Waals surface area contributed by atoms with Crippen molar-refractivity contribution in [3.63, 3.8) is 0 Å². The van der Waals surface area contributed by atoms with E-state index in [2.05, 4.69) is 5.32 Å². The third-order valence-corrected chi connectivity index (χ3v) is 5.61. The van der Waals surface area contributed by atoms with E-state index >= 15 is 0 Å². The maximum absolute atomic E-state index is 12.8. The lowest BCUT2D eigenvalue weighted by molar-refractivity contribution is -0.130. The van der Waals surface area contributed by atoms with Gasteiger partial charge in [0.15, 0.2) is 5.78 Å². The van der Waals surface area contributed by atoms with Gasteiger partial charge in [-0.25, -0.2) is 4.79 Å². The van der Waals surface area contributed by atoms with Crippen molar-refractivity contribution in [2.24, 2.45) is 5.92 Å². The summed E-state index contributed by atoms with van der Waals surface area (Å²) in [7, 11) is 1.47. The van der Waals surface area contributed by atoms with Crippen LogP contribution >= 0.6 is 0 Å². The summed E-state index contributed by atoms with van der Waals surface area (Å²) in [6.45, 7) is 10.8. The van der Waals surface area contributed by atoms with Gasteiger partial charge in [-0.2, -0.15) is 0 Å². The molecule has 1 fully saturated rings. The summed E-state index contributed by atoms with van der Waals surface area (Å²) >= 11 is 0. The van der Waals surface area contributed by atoms with Gasteiger partial charge in [-0.3, -0.25) is 14.5 Å². The monoisotopic (exact) mass is 448 g/mol. The molecule has 32 heavy (non-hydrogen) atoms. The number of carbonyl (C=O) groups is 3. The highest BCUT2D eigenvalue weighted by atomic mass is 16.6. The number of hydrogen-bond acceptors (Lipinski definition) is 6. The quantitative estimate of drug-likeness (QED) is 0.622. The lowest BCUT2D eigenvalue weighted by Crippen LogP contribution is -2.51. The molecule has 2 amide bonds. The zero-order chi connectivity index (χ0) is 24.2. The van der Waals surface area contributed by atoms with Crippen LogP contribution in [0.2, 0.25) is 0 Å². The summed E-state index contributed by atoms with van der Waals surface area (Å²) in [5.41, 5.74) is 1.81. The van der Waals surface area contributed by atoms with Crippen molar-refractivity contribution in [3.8, 4) is 0 Å². The van der Waals surface area contributed by atoms with Gasteiger partial charge >= 0.3 is 6.09 Å². The maximum Gasteiger partial charge on any atom is 0.410 e. The molecule has 0 bridgehead atoms. The summed E-state index contributed by atoms with van der Waals surface area (Å²) in [4.78, 5) is 39.5. The Morgan fingerprint density at radius 2 is 1.91 bits per heavy atom. The number of nitrogens with zero attached hydrogens (tertiary/aromatic N) is 1. The number of Topliss-reactive ketones (excluding diaryl/α,β-unsaturated/α-hetero) is 1. The second-order valence-corrected chi connectivity index (χ2v) is 9.54. The Balaban J connectivity index is 2.06. The molecule has 8 heteroatoms. The third kappa shape index (κ3) is 6.53. The van der Waals surface area contributed by atoms with E-state index in [0.29, 0.717) is 5.56 Å². The first kappa shape index (κ1) is 25.8. The fourth-order valence-corrected chi connectivity index (χ4v) is 4.08. The molecule has 1 aliphatic rings. The Morgan fingerprint density at radius 3 is 2.47 bits per heavy atom. The highest BCUT2D eigenvalue weighted by Crippen LogP contribution is 2.28. The minimum Gasteiger partial charge on any atom is -0.444 e. The number of benzene rings is 1. The molecular formula is C24H36N2O6. The summed E-state index contributed by atoms with van der Waals surface area (Å²) < 4.78 is 11.1. The average molecular weight is 449 g/mol. The molecule has 8 nitrogen and oxygen atoms in total. The van der Waals surface area contributed by atoms with E-state index < -0.39 is 35.9 Å². The lowest BCUT2D eigenvalue weighted by Gasteiger charge is -2.34. The van der Waals surface area contributed by atoms with Crippen LogP contribution in [0.3, 0.4) is 0 Å². The van der Waals surface area contributed by atoms with Gasteiger partial charge in [0.25, 0.3) is 0 Å². The molecular weight excluding hydrogens is 412 g/mol. The first-order valence-corrected chi connectivity index (χ1v) is 10.9. The number of likely N-dealkylation sites (tertiary alicyclic amines) is 1. The van der Waals surface area contributed by atoms with E-state index in [9.17, 15) is 19.5 Å². The Morgan fingerprint density at radius 1 is 1.25 bits per heavy atom. The van der Waals surface area contributed by atoms with Gasteiger partial charge in [-0.05, 0) is 46.6 Å². The van der Waals surface area contributed by atoms with Gasteiger partial charge in [0.05, 0.1) is 37.3 Å². The fraction of sp³-hybridized carbons (Fsp3) is 0.625. The number of amides is 2. The number of aliphatic hydroxyl groups excluding tert-OH is 1. The lowest BCUT2D eigenvalue weighted by atomic mass is 9.94. The van der Waals surface area contributed by atoms with Crippen LogP contribution in [0, 0.1) is 19.8 Å². The molecule has 2 rings (SSSR count). The number of rotatable bonds is 7. The number of hydrogen-bond donors (Lipinski definition) is 2. The molecule has 2 unspecified atom stereocenters. The molecule has 1 aromatic carbocycles. The van der Waals surface area contributed by atoms with Crippen molar-refractivity contribution in [3.05, 3.63) is 34.9 Å². The van der Waals surface area contributed by atoms with Crippen LogP contribution in [0.25, 0.3) is 0 Å². The smallest absolute Gasteiger partial charge is 0.410 e. The topological polar surface area (TPSA) is 105 Å². The van der Waals surface area contributed by atoms with Gasteiger partial charge in [-0.1, -0.05) is 30.7 Å². The molecule has 0 spiro atoms. The number of aryl methyl sites for hydroxylation is 2. The van der Waals surface area contributed by atoms with Gasteiger partial charge < -0.3 is 19.9 Å². The second-order valence-electron chi connectivity index (χ2n) is 9.54. The highest BCUT2D eigenvalue weighted by Gasteiger charge is 2.44. The number of aliphatic hydroxyl groups is 1. The predicted molar refractivity (Wildman–Crippen MR) is 121 cm³/mol. The van der Waals surface area contributed by atoms with Crippen molar-refractivity contribution in [1.29, 1.82) is 0 Å². The van der Waals surface area contributed by atoms with Gasteiger partial charge in [0.2, 0.25) is 5.91 Å². The molecule has 178 valence electrons. The summed E-state index contributed by atoms with van der Waals surface area (Å²) in [6, 6.07) is 5.03. The van der Waals surface area contributed by atoms with Gasteiger partial charge in [-0.15, -0.1) is 0 Å². The number of ether oxygens (including phenoxy) is 2. The van der Waals surface area contributed by atoms with Crippen molar-refractivity contribution < 1.29 is 29.0 Å². The Labute approximate surface area is 190 Å². The van der Waals surface area contributed by atoms with E-state index in [1.165, 1.54) is 12.0 Å². The number of carbonyl (C=O) groups excluding carboxylic acids is 3. The first-order chi connectivity index (χ1) is 14.8. The highest BCUT2D eigenvalue weighted by molar-refractivity contribution is 6.00. The van der Waals surface area contributed by atoms with Crippen LogP contribution in [0.15, 0.2) is 18.2 Å². The van der Waals surface area contributed by atoms with Crippen molar-refractivity contribution in [2.75, 3.05) is 20.2 Å². The minimum atomic E-state index is -0.730. The second kappa shape index (κ2) is 10.4. The third-order valence-electron chi connectivity index (χ3n) is 5.61. The maximum atomic E-state index is 12.8. The molecule has 1 aliphatic heterocycles. The summed E-state index contributed by atoms with van der Waals surface area (Å²) in [5.74, 6) is -1.20. The number of nitrogens with one attached hydrogen (secondary N) is 1. The molecule has 1 heterocycles. The molecule has 0 radical (unpaired) electrons. The molecule has 2 N–H and O–H groups in total. The van der Waals surface area contributed by atoms with E-state index in [-0.39, 0.29) is 31.2 Å². The van der Waals surface area contributed by atoms with E-state index in [4.69, 9.17) is 9.47 Å². The minimum absolute atomic E-state index is 0.110. The van der Waals surface area contributed by atoms with Crippen LogP contribution in [-0.2, 0) is 14.3 Å². The van der Waals surface area contributed by atoms with Crippen molar-refractivity contribution in [2.45, 2.75) is 71.8 Å². The Hall–Kier alpha value is -2.45. The summed E-state index contributed by atoms with van der Waals surface area (Å²) in [6.07, 6.45) is -1.68. The molecule has 0 aromatic heterocycles. The van der Waals surface area contributed by atoms with Gasteiger partial charge in [0, 0.05) is 12.7 Å². The standard InChI is InChI=1S/C24H36N2O6/c1-14-8-9-18(15(2)10-14)20(28)12-25-22(29)16(3)21(31-7)19-11-17(27)13-26(19)23(30)32-24(4,5)6/h8-10,16-17,19,21,27H,11-13H2,1-7H3,(H,25,29)/t16-,17?,19?,21-/m1/s1. The largest absolute Gasteiger partial charge is 0.444 e. The Kier molecular flexibility index (Phi) is 8.42. The summed E-state index contributed by atoms with van der Waals surface area (Å²) in [5, 5.41) is 12.9. The zero-order valence-electron chi connectivity index (χ0n) is 20.1. The number of ketones is 1. The fourth-order valence-electron chi connectivity index (χ4n) is 4.08. The van der Waals surface area contributed by atoms with E-state index in [1.807, 2.05) is 26.0 Å². The van der Waals surface area contributed by atoms with Crippen LogP contribution in [0.5, 0.6) is 0 Å². The molecule has 0 saturated carbocycles. The van der Waals surface area contributed by atoms with Crippen LogP contribution < -0.4 is 5.32 Å². The number of methoxy groups -OCH3 is 1. The predicted octanol–water partition coefficient (Wildman–Crippen LogP) is 2.62. The molecule has 0 aliphatic carbocycles. The van der Waals surface area contributed by atoms with Crippen LogP contribution in [0.4, 0.5) is 4.79 Å². The number of β-amino-alcohol motifs (C(OH)–C–C–N with tert-alkyl or cyclic N) is 1. The normalized spacial score (nSPS) is 20.6. The van der Waals surface area contributed by atoms with E-state index in [1.54, 1.807) is 33.8 Å². The van der Waals surface area contributed by atoms with Crippen LogP contribution in [0.1, 0.15) is 55.6 Å². The molecule has 1 saturated heterocycles. The SMILES string of the molecule is CO[C@@H](C1CC(O)CN1C(=O)OC(C)(C)C)[C@@H](C)C(=O)NCC(=O)c1ccc(C)cc1C.